The summed E-state index contributed by atoms with van der Waals surface area (Å²) in [6.45, 7) is 8.49. The second-order valence-corrected chi connectivity index (χ2v) is 6.38. The van der Waals surface area contributed by atoms with Gasteiger partial charge in [0.2, 0.25) is 5.69 Å². The number of hydrogen-bond acceptors (Lipinski definition) is 1. The summed E-state index contributed by atoms with van der Waals surface area (Å²) >= 11 is 1.88. The molecule has 2 nitrogen and oxygen atoms in total. The van der Waals surface area contributed by atoms with Gasteiger partial charge in [-0.1, -0.05) is 26.8 Å². The number of rotatable bonds is 6. The number of benzene rings is 1. The second-order valence-electron chi connectivity index (χ2n) is 5.28. The lowest BCUT2D eigenvalue weighted by molar-refractivity contribution is -0.366. The summed E-state index contributed by atoms with van der Waals surface area (Å²) in [6, 6.07) is 8.17. The zero-order chi connectivity index (χ0) is 13.5. The number of nitrogens with one attached hydrogen (secondary N) is 1. The molecule has 0 fully saturated rings. The summed E-state index contributed by atoms with van der Waals surface area (Å²) in [5, 5.41) is 9.21. The van der Waals surface area contributed by atoms with Crippen LogP contribution in [0.15, 0.2) is 29.2 Å². The molecular weight excluding hydrogens is 242 g/mol. The first kappa shape index (κ1) is 15.1. The van der Waals surface area contributed by atoms with Crippen molar-refractivity contribution >= 4 is 23.3 Å². The highest BCUT2D eigenvalue weighted by molar-refractivity contribution is 7.99. The van der Waals surface area contributed by atoms with Gasteiger partial charge in [0, 0.05) is 22.8 Å². The van der Waals surface area contributed by atoms with Crippen molar-refractivity contribution in [1.29, 1.82) is 0 Å². The Morgan fingerprint density at radius 2 is 2.06 bits per heavy atom. The van der Waals surface area contributed by atoms with E-state index in [2.05, 4.69) is 37.9 Å². The van der Waals surface area contributed by atoms with E-state index in [4.69, 9.17) is 0 Å². The van der Waals surface area contributed by atoms with E-state index in [9.17, 15) is 5.11 Å². The van der Waals surface area contributed by atoms with Gasteiger partial charge in [-0.3, -0.25) is 0 Å². The van der Waals surface area contributed by atoms with Crippen LogP contribution in [0.3, 0.4) is 0 Å². The average Bonchev–Trinajstić information content (AvgIpc) is 2.25. The predicted molar refractivity (Wildman–Crippen MR) is 79.7 cm³/mol. The van der Waals surface area contributed by atoms with E-state index < -0.39 is 0 Å². The van der Waals surface area contributed by atoms with Crippen molar-refractivity contribution in [2.45, 2.75) is 39.0 Å². The first-order valence-corrected chi connectivity index (χ1v) is 7.48. The van der Waals surface area contributed by atoms with Gasteiger partial charge >= 0.3 is 5.90 Å². The first-order chi connectivity index (χ1) is 8.47. The van der Waals surface area contributed by atoms with E-state index in [0.717, 1.165) is 23.3 Å². The lowest BCUT2D eigenvalue weighted by Crippen LogP contribution is -2.65. The predicted octanol–water partition coefficient (Wildman–Crippen LogP) is 3.15. The van der Waals surface area contributed by atoms with Gasteiger partial charge in [-0.2, -0.15) is 4.99 Å². The molecule has 1 atom stereocenters. The highest BCUT2D eigenvalue weighted by Crippen LogP contribution is 2.24. The van der Waals surface area contributed by atoms with Crippen molar-refractivity contribution in [2.24, 2.45) is 11.8 Å². The Morgan fingerprint density at radius 1 is 1.33 bits per heavy atom. The van der Waals surface area contributed by atoms with Crippen molar-refractivity contribution in [1.82, 2.24) is 0 Å². The van der Waals surface area contributed by atoms with Gasteiger partial charge in [-0.25, -0.2) is 0 Å². The Kier molecular flexibility index (Phi) is 6.27. The molecule has 100 valence electrons. The van der Waals surface area contributed by atoms with Crippen LogP contribution < -0.4 is 4.99 Å². The van der Waals surface area contributed by atoms with E-state index in [1.807, 2.05) is 23.9 Å². The van der Waals surface area contributed by atoms with Gasteiger partial charge in [-0.05, 0) is 24.3 Å². The van der Waals surface area contributed by atoms with Crippen molar-refractivity contribution < 1.29 is 10.1 Å². The van der Waals surface area contributed by atoms with Gasteiger partial charge in [0.25, 0.3) is 0 Å². The van der Waals surface area contributed by atoms with Gasteiger partial charge < -0.3 is 5.11 Å². The van der Waals surface area contributed by atoms with Gasteiger partial charge in [0.15, 0.2) is 0 Å². The fraction of sp³-hybridized carbons (Fsp3) is 0.533. The highest BCUT2D eigenvalue weighted by Gasteiger charge is 2.07. The SMILES string of the molecule is CC(O)=[NH+]c1cccc(SC[C@@H](C)CC(C)C)c1. The molecule has 0 heterocycles. The normalized spacial score (nSPS) is 13.9. The number of hydrogen-bond donors (Lipinski definition) is 2. The Labute approximate surface area is 115 Å². The van der Waals surface area contributed by atoms with Crippen LogP contribution in [0.2, 0.25) is 0 Å². The third-order valence-electron chi connectivity index (χ3n) is 2.57. The van der Waals surface area contributed by atoms with Crippen molar-refractivity contribution in [3.8, 4) is 0 Å². The maximum absolute atomic E-state index is 9.21. The third-order valence-corrected chi connectivity index (χ3v) is 3.89. The molecule has 0 aliphatic heterocycles. The molecule has 1 rings (SSSR count). The lowest BCUT2D eigenvalue weighted by Gasteiger charge is -2.13. The molecule has 0 aliphatic carbocycles. The Bertz CT molecular complexity index is 397. The molecule has 3 heteroatoms. The van der Waals surface area contributed by atoms with Crippen LogP contribution in [0, 0.1) is 11.8 Å². The molecule has 0 saturated carbocycles. The minimum atomic E-state index is 0.227. The summed E-state index contributed by atoms with van der Waals surface area (Å²) in [5.74, 6) is 2.87. The molecule has 0 bridgehead atoms. The molecule has 0 aromatic heterocycles. The van der Waals surface area contributed by atoms with Crippen LogP contribution >= 0.6 is 11.8 Å². The molecule has 18 heavy (non-hydrogen) atoms. The lowest BCUT2D eigenvalue weighted by atomic mass is 10.0. The van der Waals surface area contributed by atoms with E-state index in [1.165, 1.54) is 11.3 Å². The molecule has 0 spiro atoms. The van der Waals surface area contributed by atoms with Gasteiger partial charge in [0.05, 0.1) is 6.92 Å². The van der Waals surface area contributed by atoms with E-state index in [0.29, 0.717) is 0 Å². The van der Waals surface area contributed by atoms with Crippen molar-refractivity contribution in [2.75, 3.05) is 5.75 Å². The maximum atomic E-state index is 9.21. The fourth-order valence-corrected chi connectivity index (χ4v) is 2.98. The minimum Gasteiger partial charge on any atom is -0.463 e. The topological polar surface area (TPSA) is 34.2 Å². The van der Waals surface area contributed by atoms with Crippen LogP contribution in [0.5, 0.6) is 0 Å². The molecule has 1 aromatic carbocycles. The maximum Gasteiger partial charge on any atom is 0.334 e. The Morgan fingerprint density at radius 3 is 2.67 bits per heavy atom. The summed E-state index contributed by atoms with van der Waals surface area (Å²) in [5.41, 5.74) is 0.941. The zero-order valence-corrected chi connectivity index (χ0v) is 12.6. The van der Waals surface area contributed by atoms with Crippen LogP contribution in [0.4, 0.5) is 5.69 Å². The van der Waals surface area contributed by atoms with Crippen LogP contribution in [-0.4, -0.2) is 16.8 Å². The van der Waals surface area contributed by atoms with Gasteiger partial charge in [-0.15, -0.1) is 11.8 Å². The van der Waals surface area contributed by atoms with Crippen molar-refractivity contribution in [3.63, 3.8) is 0 Å². The zero-order valence-electron chi connectivity index (χ0n) is 11.7. The minimum absolute atomic E-state index is 0.227. The second kappa shape index (κ2) is 7.47. The fourth-order valence-electron chi connectivity index (χ4n) is 1.98. The quantitative estimate of drug-likeness (QED) is 0.471. The standard InChI is InChI=1S/C15H23NOS/c1-11(2)8-12(3)10-18-15-7-5-6-14(9-15)16-13(4)17/h5-7,9,11-12H,8,10H2,1-4H3,(H,16,17)/p+1/t12-/m0/s1. The van der Waals surface area contributed by atoms with Gasteiger partial charge in [0.1, 0.15) is 0 Å². The summed E-state index contributed by atoms with van der Waals surface area (Å²) in [7, 11) is 0. The number of aliphatic hydroxyl groups excluding tert-OH is 1. The van der Waals surface area contributed by atoms with Crippen LogP contribution in [0.25, 0.3) is 0 Å². The summed E-state index contributed by atoms with van der Waals surface area (Å²) in [6.07, 6.45) is 1.27. The number of aliphatic hydroxyl groups is 1. The third kappa shape index (κ3) is 6.10. The highest BCUT2D eigenvalue weighted by atomic mass is 32.2. The molecule has 0 amide bonds. The van der Waals surface area contributed by atoms with E-state index >= 15 is 0 Å². The molecule has 0 saturated heterocycles. The smallest absolute Gasteiger partial charge is 0.334 e. The molecular formula is C15H24NOS+. The molecule has 0 aliphatic rings. The van der Waals surface area contributed by atoms with E-state index in [-0.39, 0.29) is 5.90 Å². The van der Waals surface area contributed by atoms with Crippen LogP contribution in [0.1, 0.15) is 34.1 Å². The average molecular weight is 266 g/mol. The number of thioether (sulfide) groups is 1. The summed E-state index contributed by atoms with van der Waals surface area (Å²) < 4.78 is 0. The molecule has 0 radical (unpaired) electrons. The van der Waals surface area contributed by atoms with Crippen molar-refractivity contribution in [3.05, 3.63) is 24.3 Å². The summed E-state index contributed by atoms with van der Waals surface area (Å²) in [4.78, 5) is 4.17. The van der Waals surface area contributed by atoms with E-state index in [1.54, 1.807) is 6.92 Å². The van der Waals surface area contributed by atoms with Crippen LogP contribution in [-0.2, 0) is 0 Å². The Hall–Kier alpha value is -0.960. The Balaban J connectivity index is 2.55. The first-order valence-electron chi connectivity index (χ1n) is 6.49. The molecule has 0 unspecified atom stereocenters. The molecule has 1 aromatic rings. The molecule has 2 N–H and O–H groups in total. The largest absolute Gasteiger partial charge is 0.463 e. The monoisotopic (exact) mass is 266 g/mol.